The topological polar surface area (TPSA) is 36.9 Å². The molecule has 4 saturated carbocycles. The fraction of sp³-hybridized carbons (Fsp3) is 1.00. The highest BCUT2D eigenvalue weighted by Gasteiger charge is 2.30. The molecule has 0 heterocycles. The van der Waals surface area contributed by atoms with Crippen molar-refractivity contribution in [3.8, 4) is 0 Å². The van der Waals surface area contributed by atoms with Crippen molar-refractivity contribution in [3.63, 3.8) is 0 Å². The zero-order valence-corrected chi connectivity index (χ0v) is 15.7. The van der Waals surface area contributed by atoms with Gasteiger partial charge in [-0.2, -0.15) is 0 Å². The van der Waals surface area contributed by atoms with Crippen LogP contribution in [0.5, 0.6) is 0 Å². The molecule has 0 bridgehead atoms. The van der Waals surface area contributed by atoms with Crippen molar-refractivity contribution >= 4 is 0 Å². The monoisotopic (exact) mass is 352 g/mol. The summed E-state index contributed by atoms with van der Waals surface area (Å²) in [5.74, 6) is 0. The highest BCUT2D eigenvalue weighted by molar-refractivity contribution is 4.75. The standard InChI is InChI=1S/C21H36O4/c1-6-16(7-1)22-20(23-17-8-2-9-17)14-5-15-21(24-18-10-3-11-18)25-19-12-4-13-19/h16-21H,1-15H2. The Morgan fingerprint density at radius 3 is 0.960 bits per heavy atom. The van der Waals surface area contributed by atoms with Crippen molar-refractivity contribution in [2.75, 3.05) is 0 Å². The van der Waals surface area contributed by atoms with Crippen molar-refractivity contribution in [2.45, 2.75) is 133 Å². The van der Waals surface area contributed by atoms with Gasteiger partial charge in [0.1, 0.15) is 0 Å². The first-order valence-electron chi connectivity index (χ1n) is 11.0. The van der Waals surface area contributed by atoms with Crippen molar-refractivity contribution in [3.05, 3.63) is 0 Å². The van der Waals surface area contributed by atoms with Gasteiger partial charge in [0.25, 0.3) is 0 Å². The lowest BCUT2D eigenvalue weighted by atomic mass is 9.95. The van der Waals surface area contributed by atoms with Crippen LogP contribution in [0.3, 0.4) is 0 Å². The molecular weight excluding hydrogens is 316 g/mol. The summed E-state index contributed by atoms with van der Waals surface area (Å²) in [5.41, 5.74) is 0. The molecule has 0 radical (unpaired) electrons. The van der Waals surface area contributed by atoms with Gasteiger partial charge in [-0.15, -0.1) is 0 Å². The van der Waals surface area contributed by atoms with Gasteiger partial charge in [0.05, 0.1) is 24.4 Å². The maximum Gasteiger partial charge on any atom is 0.158 e. The van der Waals surface area contributed by atoms with Crippen LogP contribution in [0.15, 0.2) is 0 Å². The van der Waals surface area contributed by atoms with E-state index in [9.17, 15) is 0 Å². The second-order valence-electron chi connectivity index (χ2n) is 8.55. The molecule has 0 unspecified atom stereocenters. The molecule has 25 heavy (non-hydrogen) atoms. The van der Waals surface area contributed by atoms with Gasteiger partial charge in [-0.25, -0.2) is 0 Å². The molecule has 4 fully saturated rings. The average molecular weight is 353 g/mol. The smallest absolute Gasteiger partial charge is 0.158 e. The van der Waals surface area contributed by atoms with Crippen molar-refractivity contribution in [2.24, 2.45) is 0 Å². The zero-order chi connectivity index (χ0) is 16.9. The van der Waals surface area contributed by atoms with E-state index in [1.54, 1.807) is 0 Å². The van der Waals surface area contributed by atoms with Crippen molar-refractivity contribution in [1.29, 1.82) is 0 Å². The minimum Gasteiger partial charge on any atom is -0.349 e. The fourth-order valence-corrected chi connectivity index (χ4v) is 3.67. The van der Waals surface area contributed by atoms with E-state index >= 15 is 0 Å². The van der Waals surface area contributed by atoms with Crippen LogP contribution in [-0.4, -0.2) is 37.0 Å². The summed E-state index contributed by atoms with van der Waals surface area (Å²) >= 11 is 0. The van der Waals surface area contributed by atoms with Gasteiger partial charge in [-0.1, -0.05) is 0 Å². The van der Waals surface area contributed by atoms with Gasteiger partial charge in [0.15, 0.2) is 12.6 Å². The van der Waals surface area contributed by atoms with Crippen LogP contribution < -0.4 is 0 Å². The van der Waals surface area contributed by atoms with E-state index in [1.807, 2.05) is 0 Å². The highest BCUT2D eigenvalue weighted by Crippen LogP contribution is 2.31. The van der Waals surface area contributed by atoms with Crippen LogP contribution >= 0.6 is 0 Å². The van der Waals surface area contributed by atoms with Crippen LogP contribution in [0.2, 0.25) is 0 Å². The second kappa shape index (κ2) is 9.16. The number of rotatable bonds is 12. The van der Waals surface area contributed by atoms with E-state index in [2.05, 4.69) is 0 Å². The molecule has 4 nitrogen and oxygen atoms in total. The third-order valence-electron chi connectivity index (χ3n) is 6.47. The predicted octanol–water partition coefficient (Wildman–Crippen LogP) is 5.09. The lowest BCUT2D eigenvalue weighted by molar-refractivity contribution is -0.232. The Hall–Kier alpha value is -0.160. The van der Waals surface area contributed by atoms with Gasteiger partial charge in [0.2, 0.25) is 0 Å². The second-order valence-corrected chi connectivity index (χ2v) is 8.55. The van der Waals surface area contributed by atoms with Crippen molar-refractivity contribution in [1.82, 2.24) is 0 Å². The molecule has 4 aliphatic rings. The van der Waals surface area contributed by atoms with Gasteiger partial charge in [0, 0.05) is 0 Å². The molecule has 0 aromatic carbocycles. The van der Waals surface area contributed by atoms with E-state index in [1.165, 1.54) is 77.0 Å². The third-order valence-corrected chi connectivity index (χ3v) is 6.47. The molecule has 0 spiro atoms. The summed E-state index contributed by atoms with van der Waals surface area (Å²) in [5, 5.41) is 0. The van der Waals surface area contributed by atoms with Gasteiger partial charge in [-0.3, -0.25) is 0 Å². The molecule has 0 saturated heterocycles. The van der Waals surface area contributed by atoms with Crippen LogP contribution in [0, 0.1) is 0 Å². The van der Waals surface area contributed by atoms with Crippen LogP contribution in [0.4, 0.5) is 0 Å². The number of ether oxygens (including phenoxy) is 4. The number of hydrogen-bond donors (Lipinski definition) is 0. The predicted molar refractivity (Wildman–Crippen MR) is 96.3 cm³/mol. The van der Waals surface area contributed by atoms with Gasteiger partial charge >= 0.3 is 0 Å². The summed E-state index contributed by atoms with van der Waals surface area (Å²) in [6.07, 6.45) is 19.7. The van der Waals surface area contributed by atoms with Crippen molar-refractivity contribution < 1.29 is 18.9 Å². The Kier molecular flexibility index (Phi) is 6.68. The molecule has 0 N–H and O–H groups in total. The van der Waals surface area contributed by atoms with Crippen LogP contribution in [0.1, 0.15) is 96.3 Å². The molecule has 4 rings (SSSR count). The SMILES string of the molecule is C1CC(OC(CCCC(OC2CCC2)OC2CCC2)OC2CCC2)C1. The van der Waals surface area contributed by atoms with Gasteiger partial charge < -0.3 is 18.9 Å². The highest BCUT2D eigenvalue weighted by atomic mass is 16.7. The first-order chi connectivity index (χ1) is 12.3. The molecule has 144 valence electrons. The Bertz CT molecular complexity index is 317. The Morgan fingerprint density at radius 2 is 0.760 bits per heavy atom. The Labute approximate surface area is 152 Å². The summed E-state index contributed by atoms with van der Waals surface area (Å²) in [4.78, 5) is 0. The van der Waals surface area contributed by atoms with E-state index in [0.717, 1.165) is 19.3 Å². The summed E-state index contributed by atoms with van der Waals surface area (Å²) in [6.45, 7) is 0. The van der Waals surface area contributed by atoms with Crippen LogP contribution in [0.25, 0.3) is 0 Å². The molecule has 0 amide bonds. The summed E-state index contributed by atoms with van der Waals surface area (Å²) in [7, 11) is 0. The van der Waals surface area contributed by atoms with E-state index < -0.39 is 0 Å². The van der Waals surface area contributed by atoms with Gasteiger partial charge in [-0.05, 0) is 96.3 Å². The van der Waals surface area contributed by atoms with E-state index in [-0.39, 0.29) is 12.6 Å². The first-order valence-corrected chi connectivity index (χ1v) is 11.0. The normalized spacial score (nSPS) is 25.7. The largest absolute Gasteiger partial charge is 0.349 e. The zero-order valence-electron chi connectivity index (χ0n) is 15.7. The lowest BCUT2D eigenvalue weighted by Crippen LogP contribution is -2.36. The molecule has 4 aliphatic carbocycles. The van der Waals surface area contributed by atoms with E-state index in [4.69, 9.17) is 18.9 Å². The average Bonchev–Trinajstić information content (AvgIpc) is 2.43. The Balaban J connectivity index is 1.19. The molecule has 0 aromatic rings. The third kappa shape index (κ3) is 5.41. The molecule has 4 heteroatoms. The fourth-order valence-electron chi connectivity index (χ4n) is 3.67. The minimum atomic E-state index is -0.0105. The lowest BCUT2D eigenvalue weighted by Gasteiger charge is -2.36. The molecule has 0 aromatic heterocycles. The quantitative estimate of drug-likeness (QED) is 0.459. The summed E-state index contributed by atoms with van der Waals surface area (Å²) < 4.78 is 24.8. The molecule has 0 atom stereocenters. The maximum atomic E-state index is 6.20. The number of hydrogen-bond acceptors (Lipinski definition) is 4. The Morgan fingerprint density at radius 1 is 0.480 bits per heavy atom. The van der Waals surface area contributed by atoms with E-state index in [0.29, 0.717) is 24.4 Å². The maximum absolute atomic E-state index is 6.20. The van der Waals surface area contributed by atoms with Crippen LogP contribution in [-0.2, 0) is 18.9 Å². The molecular formula is C21H36O4. The summed E-state index contributed by atoms with van der Waals surface area (Å²) in [6, 6.07) is 0. The molecule has 0 aliphatic heterocycles. The minimum absolute atomic E-state index is 0.0105. The first kappa shape index (κ1) is 18.2.